The van der Waals surface area contributed by atoms with Gasteiger partial charge in [-0.05, 0) is 36.8 Å². The number of hydrogen-bond acceptors (Lipinski definition) is 3. The summed E-state index contributed by atoms with van der Waals surface area (Å²) in [5.74, 6) is 1.67. The second-order valence-electron chi connectivity index (χ2n) is 3.75. The van der Waals surface area contributed by atoms with Crippen LogP contribution in [-0.4, -0.2) is 12.0 Å². The van der Waals surface area contributed by atoms with Crippen molar-refractivity contribution in [1.82, 2.24) is 4.98 Å². The van der Waals surface area contributed by atoms with E-state index < -0.39 is 0 Å². The molecule has 0 aliphatic carbocycles. The topological polar surface area (TPSA) is 37.0 Å². The fourth-order valence-corrected chi connectivity index (χ4v) is 1.84. The van der Waals surface area contributed by atoms with Gasteiger partial charge in [0.2, 0.25) is 0 Å². The molecule has 0 aliphatic heterocycles. The number of pyridine rings is 1. The fourth-order valence-electron chi connectivity index (χ4n) is 1.46. The monoisotopic (exact) mass is 291 g/mol. The summed E-state index contributed by atoms with van der Waals surface area (Å²) >= 11 is 3.51. The van der Waals surface area contributed by atoms with Gasteiger partial charge < -0.3 is 10.6 Å². The molecule has 3 nitrogen and oxygen atoms in total. The highest BCUT2D eigenvalue weighted by Crippen LogP contribution is 2.23. The number of nitrogens with one attached hydrogen (secondary N) is 2. The van der Waals surface area contributed by atoms with Gasteiger partial charge in [-0.1, -0.05) is 28.1 Å². The molecule has 0 bridgehead atoms. The second kappa shape index (κ2) is 5.19. The van der Waals surface area contributed by atoms with Crippen LogP contribution in [-0.2, 0) is 0 Å². The van der Waals surface area contributed by atoms with Crippen LogP contribution in [0.3, 0.4) is 0 Å². The Labute approximate surface area is 109 Å². The molecule has 0 radical (unpaired) electrons. The number of aryl methyl sites for hydroxylation is 1. The van der Waals surface area contributed by atoms with Crippen molar-refractivity contribution in [2.24, 2.45) is 0 Å². The Balaban J connectivity index is 2.22. The van der Waals surface area contributed by atoms with Crippen molar-refractivity contribution >= 4 is 33.3 Å². The number of hydrogen-bond donors (Lipinski definition) is 2. The molecule has 0 saturated heterocycles. The lowest BCUT2D eigenvalue weighted by molar-refractivity contribution is 1.27. The van der Waals surface area contributed by atoms with Crippen LogP contribution in [0.2, 0.25) is 0 Å². The van der Waals surface area contributed by atoms with Crippen LogP contribution in [0.25, 0.3) is 0 Å². The van der Waals surface area contributed by atoms with Crippen LogP contribution in [0.5, 0.6) is 0 Å². The molecule has 17 heavy (non-hydrogen) atoms. The smallest absolute Gasteiger partial charge is 0.132 e. The molecule has 2 rings (SSSR count). The van der Waals surface area contributed by atoms with Crippen LogP contribution >= 0.6 is 15.9 Å². The summed E-state index contributed by atoms with van der Waals surface area (Å²) in [4.78, 5) is 4.40. The predicted octanol–water partition coefficient (Wildman–Crippen LogP) is 3.94. The Hall–Kier alpha value is -1.55. The van der Waals surface area contributed by atoms with E-state index in [0.717, 1.165) is 21.8 Å². The highest BCUT2D eigenvalue weighted by atomic mass is 79.9. The van der Waals surface area contributed by atoms with Crippen LogP contribution < -0.4 is 10.6 Å². The molecule has 1 aromatic heterocycles. The van der Waals surface area contributed by atoms with E-state index in [0.29, 0.717) is 0 Å². The maximum Gasteiger partial charge on any atom is 0.132 e. The number of aromatic nitrogens is 1. The van der Waals surface area contributed by atoms with E-state index in [-0.39, 0.29) is 0 Å². The highest BCUT2D eigenvalue weighted by Gasteiger charge is 2.00. The van der Waals surface area contributed by atoms with E-state index >= 15 is 0 Å². The molecule has 0 fully saturated rings. The first kappa shape index (κ1) is 11.9. The first-order chi connectivity index (χ1) is 8.19. The van der Waals surface area contributed by atoms with Gasteiger partial charge in [-0.2, -0.15) is 0 Å². The van der Waals surface area contributed by atoms with Crippen molar-refractivity contribution in [2.75, 3.05) is 17.7 Å². The molecule has 2 aromatic rings. The van der Waals surface area contributed by atoms with E-state index in [1.54, 1.807) is 0 Å². The summed E-state index contributed by atoms with van der Waals surface area (Å²) in [6.45, 7) is 2.06. The van der Waals surface area contributed by atoms with Crippen molar-refractivity contribution < 1.29 is 0 Å². The molecule has 0 amide bonds. The summed E-state index contributed by atoms with van der Waals surface area (Å²) in [6, 6.07) is 12.0. The minimum Gasteiger partial charge on any atom is -0.373 e. The Bertz CT molecular complexity index is 526. The Morgan fingerprint density at radius 3 is 2.59 bits per heavy atom. The van der Waals surface area contributed by atoms with Gasteiger partial charge in [0.05, 0.1) is 0 Å². The van der Waals surface area contributed by atoms with Crippen LogP contribution in [0.1, 0.15) is 5.56 Å². The van der Waals surface area contributed by atoms with E-state index in [9.17, 15) is 0 Å². The van der Waals surface area contributed by atoms with Gasteiger partial charge >= 0.3 is 0 Å². The maximum atomic E-state index is 4.40. The quantitative estimate of drug-likeness (QED) is 0.899. The first-order valence-electron chi connectivity index (χ1n) is 5.37. The van der Waals surface area contributed by atoms with Gasteiger partial charge in [0.25, 0.3) is 0 Å². The molecule has 1 aromatic carbocycles. The second-order valence-corrected chi connectivity index (χ2v) is 4.60. The predicted molar refractivity (Wildman–Crippen MR) is 75.9 cm³/mol. The SMILES string of the molecule is CNc1cccc(Nc2ccc(C)c(Br)c2)n1. The number of nitrogens with zero attached hydrogens (tertiary/aromatic N) is 1. The van der Waals surface area contributed by atoms with Gasteiger partial charge in [0, 0.05) is 17.2 Å². The number of anilines is 3. The normalized spacial score (nSPS) is 10.1. The molecule has 2 N–H and O–H groups in total. The zero-order valence-electron chi connectivity index (χ0n) is 9.79. The summed E-state index contributed by atoms with van der Waals surface area (Å²) in [6.07, 6.45) is 0. The summed E-state index contributed by atoms with van der Waals surface area (Å²) < 4.78 is 1.09. The average Bonchev–Trinajstić information content (AvgIpc) is 2.34. The molecule has 0 atom stereocenters. The van der Waals surface area contributed by atoms with Gasteiger partial charge in [-0.15, -0.1) is 0 Å². The van der Waals surface area contributed by atoms with Crippen LogP contribution in [0, 0.1) is 6.92 Å². The van der Waals surface area contributed by atoms with E-state index in [1.165, 1.54) is 5.56 Å². The standard InChI is InChI=1S/C13H14BrN3/c1-9-6-7-10(8-11(9)14)16-13-5-3-4-12(15-2)17-13/h3-8H,1-2H3,(H2,15,16,17). The summed E-state index contributed by atoms with van der Waals surface area (Å²) in [5, 5.41) is 6.28. The van der Waals surface area contributed by atoms with Crippen molar-refractivity contribution in [3.63, 3.8) is 0 Å². The minimum atomic E-state index is 0.826. The third-order valence-corrected chi connectivity index (χ3v) is 3.30. The minimum absolute atomic E-state index is 0.826. The van der Waals surface area contributed by atoms with Gasteiger partial charge in [-0.3, -0.25) is 0 Å². The first-order valence-corrected chi connectivity index (χ1v) is 6.16. The van der Waals surface area contributed by atoms with Crippen LogP contribution in [0.15, 0.2) is 40.9 Å². The molecule has 0 spiro atoms. The lowest BCUT2D eigenvalue weighted by atomic mass is 10.2. The average molecular weight is 292 g/mol. The molecule has 0 unspecified atom stereocenters. The van der Waals surface area contributed by atoms with Gasteiger partial charge in [0.15, 0.2) is 0 Å². The molecule has 88 valence electrons. The molecule has 4 heteroatoms. The third-order valence-electron chi connectivity index (χ3n) is 2.45. The zero-order chi connectivity index (χ0) is 12.3. The van der Waals surface area contributed by atoms with Crippen LogP contribution in [0.4, 0.5) is 17.3 Å². The zero-order valence-corrected chi connectivity index (χ0v) is 11.4. The van der Waals surface area contributed by atoms with E-state index in [2.05, 4.69) is 44.5 Å². The van der Waals surface area contributed by atoms with Crippen molar-refractivity contribution in [3.8, 4) is 0 Å². The Morgan fingerprint density at radius 2 is 1.88 bits per heavy atom. The van der Waals surface area contributed by atoms with E-state index in [4.69, 9.17) is 0 Å². The molecule has 0 saturated carbocycles. The van der Waals surface area contributed by atoms with Crippen molar-refractivity contribution in [1.29, 1.82) is 0 Å². The number of benzene rings is 1. The summed E-state index contributed by atoms with van der Waals surface area (Å²) in [7, 11) is 1.86. The summed E-state index contributed by atoms with van der Waals surface area (Å²) in [5.41, 5.74) is 2.23. The Kier molecular flexibility index (Phi) is 3.64. The highest BCUT2D eigenvalue weighted by molar-refractivity contribution is 9.10. The lowest BCUT2D eigenvalue weighted by Gasteiger charge is -2.08. The van der Waals surface area contributed by atoms with Gasteiger partial charge in [0.1, 0.15) is 11.6 Å². The number of halogens is 1. The van der Waals surface area contributed by atoms with E-state index in [1.807, 2.05) is 37.4 Å². The molecule has 1 heterocycles. The van der Waals surface area contributed by atoms with Crippen molar-refractivity contribution in [2.45, 2.75) is 6.92 Å². The van der Waals surface area contributed by atoms with Gasteiger partial charge in [-0.25, -0.2) is 4.98 Å². The molecular formula is C13H14BrN3. The third kappa shape index (κ3) is 2.97. The largest absolute Gasteiger partial charge is 0.373 e. The fraction of sp³-hybridized carbons (Fsp3) is 0.154. The molecule has 0 aliphatic rings. The van der Waals surface area contributed by atoms with Crippen molar-refractivity contribution in [3.05, 3.63) is 46.4 Å². The maximum absolute atomic E-state index is 4.40. The lowest BCUT2D eigenvalue weighted by Crippen LogP contribution is -1.97. The number of rotatable bonds is 3. The Morgan fingerprint density at radius 1 is 1.12 bits per heavy atom. The molecular weight excluding hydrogens is 278 g/mol.